The second-order valence-corrected chi connectivity index (χ2v) is 7.00. The Kier molecular flexibility index (Phi) is 5.98. The summed E-state index contributed by atoms with van der Waals surface area (Å²) in [4.78, 5) is 36.2. The number of hydrogen-bond acceptors (Lipinski definition) is 5. The molecule has 0 saturated heterocycles. The van der Waals surface area contributed by atoms with E-state index in [1.54, 1.807) is 42.5 Å². The van der Waals surface area contributed by atoms with Gasteiger partial charge in [-0.15, -0.1) is 0 Å². The van der Waals surface area contributed by atoms with Crippen LogP contribution in [0.25, 0.3) is 11.1 Å². The summed E-state index contributed by atoms with van der Waals surface area (Å²) in [5.41, 5.74) is 2.72. The lowest BCUT2D eigenvalue weighted by molar-refractivity contribution is -0.121. The Morgan fingerprint density at radius 1 is 1.00 bits per heavy atom. The second-order valence-electron chi connectivity index (χ2n) is 7.00. The standard InChI is InChI=1S/C23H21N3O5/c27-21(11-4-12-26-18-8-1-2-9-19(18)31-23(26)29)24-15-16-6-3-7-17(14-16)25-22(28)20-10-5-13-30-20/h1-3,5-10,13-14H,4,11-12,15H2,(H,24,27)(H,25,28). The number of furan rings is 1. The molecule has 0 saturated carbocycles. The number of oxazole rings is 1. The van der Waals surface area contributed by atoms with Crippen LogP contribution in [0.2, 0.25) is 0 Å². The van der Waals surface area contributed by atoms with E-state index in [1.165, 1.54) is 10.8 Å². The van der Waals surface area contributed by atoms with Crippen LogP contribution in [0, 0.1) is 0 Å². The minimum atomic E-state index is -0.421. The van der Waals surface area contributed by atoms with Gasteiger partial charge in [0.2, 0.25) is 5.91 Å². The van der Waals surface area contributed by atoms with Gasteiger partial charge in [-0.05, 0) is 48.4 Å². The number of nitrogens with zero attached hydrogens (tertiary/aromatic N) is 1. The molecule has 2 amide bonds. The van der Waals surface area contributed by atoms with Crippen LogP contribution in [0.1, 0.15) is 29.0 Å². The number of benzene rings is 2. The number of anilines is 1. The van der Waals surface area contributed by atoms with Crippen molar-refractivity contribution in [2.24, 2.45) is 0 Å². The van der Waals surface area contributed by atoms with Crippen LogP contribution in [0.3, 0.4) is 0 Å². The third-order valence-electron chi connectivity index (χ3n) is 4.78. The fourth-order valence-corrected chi connectivity index (χ4v) is 3.27. The maximum Gasteiger partial charge on any atom is 0.419 e. The molecule has 0 fully saturated rings. The summed E-state index contributed by atoms with van der Waals surface area (Å²) in [5, 5.41) is 5.61. The lowest BCUT2D eigenvalue weighted by atomic mass is 10.2. The number of carbonyl (C=O) groups is 2. The summed E-state index contributed by atoms with van der Waals surface area (Å²) in [6.07, 6.45) is 2.22. The van der Waals surface area contributed by atoms with Crippen molar-refractivity contribution >= 4 is 28.6 Å². The van der Waals surface area contributed by atoms with Gasteiger partial charge in [0.15, 0.2) is 11.3 Å². The monoisotopic (exact) mass is 419 g/mol. The van der Waals surface area contributed by atoms with Crippen molar-refractivity contribution < 1.29 is 18.4 Å². The first-order valence-corrected chi connectivity index (χ1v) is 9.89. The molecule has 0 radical (unpaired) electrons. The average molecular weight is 419 g/mol. The molecule has 0 bridgehead atoms. The molecule has 31 heavy (non-hydrogen) atoms. The van der Waals surface area contributed by atoms with E-state index in [0.717, 1.165) is 11.1 Å². The molecular weight excluding hydrogens is 398 g/mol. The molecule has 4 aromatic rings. The quantitative estimate of drug-likeness (QED) is 0.454. The zero-order valence-corrected chi connectivity index (χ0v) is 16.7. The van der Waals surface area contributed by atoms with E-state index in [0.29, 0.717) is 30.8 Å². The molecule has 0 aliphatic carbocycles. The predicted octanol–water partition coefficient (Wildman–Crippen LogP) is 3.54. The maximum atomic E-state index is 12.2. The van der Waals surface area contributed by atoms with Crippen LogP contribution in [0.15, 0.2) is 80.6 Å². The van der Waals surface area contributed by atoms with Gasteiger partial charge in [0.25, 0.3) is 5.91 Å². The maximum absolute atomic E-state index is 12.2. The number of hydrogen-bond donors (Lipinski definition) is 2. The van der Waals surface area contributed by atoms with Crippen LogP contribution in [-0.4, -0.2) is 16.4 Å². The minimum absolute atomic E-state index is 0.120. The van der Waals surface area contributed by atoms with E-state index >= 15 is 0 Å². The molecule has 2 aromatic carbocycles. The first-order chi connectivity index (χ1) is 15.1. The van der Waals surface area contributed by atoms with Crippen LogP contribution in [-0.2, 0) is 17.9 Å². The molecule has 8 nitrogen and oxygen atoms in total. The summed E-state index contributed by atoms with van der Waals surface area (Å²) < 4.78 is 11.8. The van der Waals surface area contributed by atoms with Gasteiger partial charge in [-0.3, -0.25) is 14.2 Å². The molecule has 0 aliphatic heterocycles. The van der Waals surface area contributed by atoms with Crippen molar-refractivity contribution in [3.8, 4) is 0 Å². The molecule has 2 aromatic heterocycles. The highest BCUT2D eigenvalue weighted by molar-refractivity contribution is 6.02. The average Bonchev–Trinajstić information content (AvgIpc) is 3.41. The summed E-state index contributed by atoms with van der Waals surface area (Å²) in [6.45, 7) is 0.732. The third kappa shape index (κ3) is 4.92. The Hall–Kier alpha value is -4.07. The highest BCUT2D eigenvalue weighted by atomic mass is 16.4. The number of carbonyl (C=O) groups excluding carboxylic acids is 2. The highest BCUT2D eigenvalue weighted by Crippen LogP contribution is 2.14. The molecule has 2 N–H and O–H groups in total. The molecular formula is C23H21N3O5. The Labute approximate surface area is 177 Å². The molecule has 0 atom stereocenters. The van der Waals surface area contributed by atoms with E-state index in [4.69, 9.17) is 8.83 Å². The van der Waals surface area contributed by atoms with Crippen LogP contribution in [0.4, 0.5) is 5.69 Å². The van der Waals surface area contributed by atoms with Gasteiger partial charge in [0.05, 0.1) is 11.8 Å². The normalized spacial score (nSPS) is 10.8. The largest absolute Gasteiger partial charge is 0.459 e. The SMILES string of the molecule is O=C(CCCn1c(=O)oc2ccccc21)NCc1cccc(NC(=O)c2ccco2)c1. The lowest BCUT2D eigenvalue weighted by Gasteiger charge is -2.08. The Bertz CT molecular complexity index is 1250. The summed E-state index contributed by atoms with van der Waals surface area (Å²) >= 11 is 0. The number of aromatic nitrogens is 1. The fourth-order valence-electron chi connectivity index (χ4n) is 3.27. The summed E-state index contributed by atoms with van der Waals surface area (Å²) in [6, 6.07) is 17.6. The molecule has 2 heterocycles. The van der Waals surface area contributed by atoms with Gasteiger partial charge in [-0.2, -0.15) is 0 Å². The molecule has 8 heteroatoms. The highest BCUT2D eigenvalue weighted by Gasteiger charge is 2.10. The smallest absolute Gasteiger partial charge is 0.419 e. The minimum Gasteiger partial charge on any atom is -0.459 e. The zero-order chi connectivity index (χ0) is 21.6. The van der Waals surface area contributed by atoms with Crippen LogP contribution in [0.5, 0.6) is 0 Å². The van der Waals surface area contributed by atoms with Crippen molar-refractivity contribution in [3.05, 3.63) is 88.8 Å². The molecule has 4 rings (SSSR count). The van der Waals surface area contributed by atoms with Crippen molar-refractivity contribution in [2.75, 3.05) is 5.32 Å². The van der Waals surface area contributed by atoms with Gasteiger partial charge in [0, 0.05) is 25.2 Å². The van der Waals surface area contributed by atoms with Gasteiger partial charge < -0.3 is 19.5 Å². The van der Waals surface area contributed by atoms with Crippen molar-refractivity contribution in [1.82, 2.24) is 9.88 Å². The zero-order valence-electron chi connectivity index (χ0n) is 16.7. The summed E-state index contributed by atoms with van der Waals surface area (Å²) in [5.74, 6) is -0.655. The van der Waals surface area contributed by atoms with Crippen molar-refractivity contribution in [1.29, 1.82) is 0 Å². The number of rotatable bonds is 8. The van der Waals surface area contributed by atoms with Gasteiger partial charge in [-0.25, -0.2) is 4.79 Å². The Morgan fingerprint density at radius 2 is 1.87 bits per heavy atom. The number of para-hydroxylation sites is 2. The lowest BCUT2D eigenvalue weighted by Crippen LogP contribution is -2.23. The first-order valence-electron chi connectivity index (χ1n) is 9.89. The number of fused-ring (bicyclic) bond motifs is 1. The number of nitrogens with one attached hydrogen (secondary N) is 2. The Morgan fingerprint density at radius 3 is 2.71 bits per heavy atom. The van der Waals surface area contributed by atoms with Crippen LogP contribution >= 0.6 is 0 Å². The van der Waals surface area contributed by atoms with Crippen LogP contribution < -0.4 is 16.4 Å². The first kappa shape index (κ1) is 20.2. The predicted molar refractivity (Wildman–Crippen MR) is 115 cm³/mol. The van der Waals surface area contributed by atoms with E-state index in [-0.39, 0.29) is 24.0 Å². The fraction of sp³-hybridized carbons (Fsp3) is 0.174. The Balaban J connectivity index is 1.26. The number of amides is 2. The van der Waals surface area contributed by atoms with Gasteiger partial charge in [0.1, 0.15) is 0 Å². The summed E-state index contributed by atoms with van der Waals surface area (Å²) in [7, 11) is 0. The molecule has 0 aliphatic rings. The third-order valence-corrected chi connectivity index (χ3v) is 4.78. The van der Waals surface area contributed by atoms with E-state index < -0.39 is 5.76 Å². The second kappa shape index (κ2) is 9.17. The van der Waals surface area contributed by atoms with Crippen molar-refractivity contribution in [3.63, 3.8) is 0 Å². The van der Waals surface area contributed by atoms with Gasteiger partial charge in [-0.1, -0.05) is 24.3 Å². The van der Waals surface area contributed by atoms with E-state index in [9.17, 15) is 14.4 Å². The molecule has 0 unspecified atom stereocenters. The number of aryl methyl sites for hydroxylation is 1. The molecule has 158 valence electrons. The topological polar surface area (TPSA) is 106 Å². The van der Waals surface area contributed by atoms with E-state index in [1.807, 2.05) is 18.2 Å². The van der Waals surface area contributed by atoms with Gasteiger partial charge >= 0.3 is 5.76 Å². The molecule has 0 spiro atoms. The van der Waals surface area contributed by atoms with Crippen molar-refractivity contribution in [2.45, 2.75) is 25.9 Å². The van der Waals surface area contributed by atoms with E-state index in [2.05, 4.69) is 10.6 Å².